The van der Waals surface area contributed by atoms with E-state index in [0.717, 1.165) is 11.1 Å². The summed E-state index contributed by atoms with van der Waals surface area (Å²) in [6, 6.07) is 20.3. The van der Waals surface area contributed by atoms with Crippen molar-refractivity contribution in [2.75, 3.05) is 7.11 Å². The fourth-order valence-corrected chi connectivity index (χ4v) is 3.39. The molecule has 0 saturated carbocycles. The topological polar surface area (TPSA) is 68.9 Å². The van der Waals surface area contributed by atoms with Gasteiger partial charge in [0.15, 0.2) is 0 Å². The molecule has 2 atom stereocenters. The van der Waals surface area contributed by atoms with E-state index in [9.17, 15) is 9.90 Å². The molecule has 0 radical (unpaired) electrons. The van der Waals surface area contributed by atoms with E-state index in [-0.39, 0.29) is 12.5 Å². The number of para-hydroxylation sites is 1. The SMILES string of the molecule is COC(c1ccc(C(Cc2ccc(Oc3ccccc3)o2)C(=O)O)cc1)C(C)C. The second kappa shape index (κ2) is 9.43. The van der Waals surface area contributed by atoms with Gasteiger partial charge in [0.05, 0.1) is 12.0 Å². The van der Waals surface area contributed by atoms with E-state index in [0.29, 0.717) is 23.4 Å². The highest BCUT2D eigenvalue weighted by molar-refractivity contribution is 5.76. The molecule has 0 aliphatic rings. The lowest BCUT2D eigenvalue weighted by molar-refractivity contribution is -0.138. The monoisotopic (exact) mass is 394 g/mol. The highest BCUT2D eigenvalue weighted by atomic mass is 16.6. The van der Waals surface area contributed by atoms with Crippen molar-refractivity contribution in [1.29, 1.82) is 0 Å². The number of methoxy groups -OCH3 is 1. The van der Waals surface area contributed by atoms with E-state index in [2.05, 4.69) is 13.8 Å². The first-order valence-corrected chi connectivity index (χ1v) is 9.65. The first-order chi connectivity index (χ1) is 14.0. The van der Waals surface area contributed by atoms with Crippen LogP contribution in [0.4, 0.5) is 0 Å². The van der Waals surface area contributed by atoms with Gasteiger partial charge in [0, 0.05) is 19.6 Å². The molecular formula is C24H26O5. The quantitative estimate of drug-likeness (QED) is 0.495. The van der Waals surface area contributed by atoms with Gasteiger partial charge in [-0.3, -0.25) is 4.79 Å². The molecular weight excluding hydrogens is 368 g/mol. The van der Waals surface area contributed by atoms with Gasteiger partial charge in [-0.2, -0.15) is 0 Å². The van der Waals surface area contributed by atoms with E-state index < -0.39 is 11.9 Å². The zero-order valence-electron chi connectivity index (χ0n) is 16.9. The van der Waals surface area contributed by atoms with Gasteiger partial charge in [-0.05, 0) is 35.2 Å². The van der Waals surface area contributed by atoms with Gasteiger partial charge in [-0.15, -0.1) is 0 Å². The summed E-state index contributed by atoms with van der Waals surface area (Å²) in [5.41, 5.74) is 1.76. The van der Waals surface area contributed by atoms with E-state index in [1.165, 1.54) is 0 Å². The van der Waals surface area contributed by atoms with Crippen LogP contribution in [0.3, 0.4) is 0 Å². The largest absolute Gasteiger partial charge is 0.481 e. The molecule has 2 aromatic carbocycles. The highest BCUT2D eigenvalue weighted by Gasteiger charge is 2.23. The van der Waals surface area contributed by atoms with Gasteiger partial charge in [-0.25, -0.2) is 0 Å². The number of rotatable bonds is 9. The van der Waals surface area contributed by atoms with E-state index in [1.54, 1.807) is 19.2 Å². The van der Waals surface area contributed by atoms with Crippen molar-refractivity contribution in [1.82, 2.24) is 0 Å². The summed E-state index contributed by atoms with van der Waals surface area (Å²) >= 11 is 0. The zero-order valence-corrected chi connectivity index (χ0v) is 16.9. The minimum Gasteiger partial charge on any atom is -0.481 e. The Balaban J connectivity index is 1.73. The van der Waals surface area contributed by atoms with Gasteiger partial charge >= 0.3 is 5.97 Å². The minimum atomic E-state index is -0.896. The smallest absolute Gasteiger partial charge is 0.311 e. The molecule has 1 heterocycles. The Labute approximate surface area is 170 Å². The van der Waals surface area contributed by atoms with Crippen molar-refractivity contribution in [2.45, 2.75) is 32.3 Å². The summed E-state index contributed by atoms with van der Waals surface area (Å²) in [6.07, 6.45) is 0.222. The normalized spacial score (nSPS) is 13.2. The first-order valence-electron chi connectivity index (χ1n) is 9.65. The lowest BCUT2D eigenvalue weighted by atomic mass is 9.91. The maximum Gasteiger partial charge on any atom is 0.311 e. The van der Waals surface area contributed by atoms with Crippen LogP contribution in [-0.4, -0.2) is 18.2 Å². The average molecular weight is 394 g/mol. The molecule has 1 aromatic heterocycles. The number of carboxylic acid groups (broad SMARTS) is 1. The molecule has 29 heavy (non-hydrogen) atoms. The van der Waals surface area contributed by atoms with Crippen LogP contribution in [0.2, 0.25) is 0 Å². The number of hydrogen-bond donors (Lipinski definition) is 1. The number of carbonyl (C=O) groups is 1. The summed E-state index contributed by atoms with van der Waals surface area (Å²) in [4.78, 5) is 11.9. The van der Waals surface area contributed by atoms with Gasteiger partial charge < -0.3 is 19.0 Å². The maximum absolute atomic E-state index is 11.9. The van der Waals surface area contributed by atoms with Gasteiger partial charge in [0.25, 0.3) is 5.95 Å². The molecule has 2 unspecified atom stereocenters. The Morgan fingerprint density at radius 2 is 1.62 bits per heavy atom. The minimum absolute atomic E-state index is 0.0184. The van der Waals surface area contributed by atoms with Gasteiger partial charge in [0.2, 0.25) is 0 Å². The number of ether oxygens (including phenoxy) is 2. The third-order valence-corrected chi connectivity index (χ3v) is 4.83. The number of benzene rings is 2. The van der Waals surface area contributed by atoms with Crippen LogP contribution in [0.25, 0.3) is 0 Å². The molecule has 0 spiro atoms. The van der Waals surface area contributed by atoms with Crippen LogP contribution in [0, 0.1) is 5.92 Å². The average Bonchev–Trinajstić information content (AvgIpc) is 3.14. The molecule has 0 aliphatic carbocycles. The summed E-state index contributed by atoms with van der Waals surface area (Å²) < 4.78 is 16.9. The van der Waals surface area contributed by atoms with Crippen LogP contribution in [-0.2, 0) is 16.0 Å². The summed E-state index contributed by atoms with van der Waals surface area (Å²) in [5.74, 6) is 0.283. The molecule has 0 aliphatic heterocycles. The zero-order chi connectivity index (χ0) is 20.8. The van der Waals surface area contributed by atoms with Crippen molar-refractivity contribution >= 4 is 5.97 Å². The van der Waals surface area contributed by atoms with E-state index in [1.807, 2.05) is 54.6 Å². The van der Waals surface area contributed by atoms with E-state index in [4.69, 9.17) is 13.9 Å². The second-order valence-corrected chi connectivity index (χ2v) is 7.30. The van der Waals surface area contributed by atoms with Crippen molar-refractivity contribution < 1.29 is 23.8 Å². The predicted molar refractivity (Wildman–Crippen MR) is 110 cm³/mol. The molecule has 152 valence electrons. The lowest BCUT2D eigenvalue weighted by Crippen LogP contribution is -2.15. The van der Waals surface area contributed by atoms with Gasteiger partial charge in [-0.1, -0.05) is 56.3 Å². The standard InChI is InChI=1S/C24H26O5/c1-16(2)23(27-3)18-11-9-17(10-12-18)21(24(25)26)15-20-13-14-22(29-20)28-19-7-5-4-6-8-19/h4-14,16,21,23H,15H2,1-3H3,(H,25,26). The molecule has 0 amide bonds. The molecule has 3 aromatic rings. The summed E-state index contributed by atoms with van der Waals surface area (Å²) in [6.45, 7) is 4.18. The van der Waals surface area contributed by atoms with Crippen molar-refractivity contribution in [3.05, 3.63) is 83.6 Å². The fourth-order valence-electron chi connectivity index (χ4n) is 3.39. The van der Waals surface area contributed by atoms with Crippen LogP contribution in [0.1, 0.15) is 42.8 Å². The van der Waals surface area contributed by atoms with Crippen molar-refractivity contribution in [3.8, 4) is 11.7 Å². The van der Waals surface area contributed by atoms with Crippen LogP contribution < -0.4 is 4.74 Å². The molecule has 0 saturated heterocycles. The summed E-state index contributed by atoms with van der Waals surface area (Å²) in [5, 5.41) is 9.75. The molecule has 0 bridgehead atoms. The lowest BCUT2D eigenvalue weighted by Gasteiger charge is -2.20. The Morgan fingerprint density at radius 1 is 0.966 bits per heavy atom. The number of furan rings is 1. The van der Waals surface area contributed by atoms with E-state index >= 15 is 0 Å². The van der Waals surface area contributed by atoms with Crippen LogP contribution >= 0.6 is 0 Å². The first kappa shape index (κ1) is 20.7. The molecule has 3 rings (SSSR count). The van der Waals surface area contributed by atoms with Gasteiger partial charge in [0.1, 0.15) is 11.5 Å². The highest BCUT2D eigenvalue weighted by Crippen LogP contribution is 2.30. The fraction of sp³-hybridized carbons (Fsp3) is 0.292. The third-order valence-electron chi connectivity index (χ3n) is 4.83. The van der Waals surface area contributed by atoms with Crippen molar-refractivity contribution in [2.24, 2.45) is 5.92 Å². The van der Waals surface area contributed by atoms with Crippen LogP contribution in [0.15, 0.2) is 71.1 Å². The Kier molecular flexibility index (Phi) is 6.73. The molecule has 0 fully saturated rings. The number of carboxylic acids is 1. The Morgan fingerprint density at radius 3 is 2.21 bits per heavy atom. The second-order valence-electron chi connectivity index (χ2n) is 7.30. The maximum atomic E-state index is 11.9. The predicted octanol–water partition coefficient (Wildman–Crippen LogP) is 5.83. The third kappa shape index (κ3) is 5.27. The number of aliphatic carboxylic acids is 1. The Hall–Kier alpha value is -3.05. The summed E-state index contributed by atoms with van der Waals surface area (Å²) in [7, 11) is 1.69. The van der Waals surface area contributed by atoms with Crippen molar-refractivity contribution in [3.63, 3.8) is 0 Å². The molecule has 5 nitrogen and oxygen atoms in total. The number of hydrogen-bond acceptors (Lipinski definition) is 4. The van der Waals surface area contributed by atoms with Crippen LogP contribution in [0.5, 0.6) is 11.7 Å². The molecule has 1 N–H and O–H groups in total. The Bertz CT molecular complexity index is 912. The molecule has 5 heteroatoms.